The van der Waals surface area contributed by atoms with Gasteiger partial charge >= 0.3 is 0 Å². The first-order valence-electron chi connectivity index (χ1n) is 4.00. The van der Waals surface area contributed by atoms with Gasteiger partial charge < -0.3 is 9.84 Å². The molecule has 1 aliphatic rings. The fourth-order valence-electron chi connectivity index (χ4n) is 1.49. The quantitative estimate of drug-likeness (QED) is 0.755. The van der Waals surface area contributed by atoms with E-state index in [1.165, 1.54) is 0 Å². The van der Waals surface area contributed by atoms with Crippen LogP contribution in [0, 0.1) is 55.9 Å². The molecule has 11 heavy (non-hydrogen) atoms. The zero-order valence-electron chi connectivity index (χ0n) is 7.45. The van der Waals surface area contributed by atoms with Gasteiger partial charge in [-0.25, -0.2) is 0 Å². The predicted octanol–water partition coefficient (Wildman–Crippen LogP) is 1.39. The van der Waals surface area contributed by atoms with Crippen molar-refractivity contribution in [2.24, 2.45) is 11.8 Å². The molecule has 63 valence electrons. The van der Waals surface area contributed by atoms with Crippen LogP contribution in [0.25, 0.3) is 0 Å². The Morgan fingerprint density at radius 1 is 1.27 bits per heavy atom. The Balaban J connectivity index is 0.000001000. The van der Waals surface area contributed by atoms with Gasteiger partial charge in [0.15, 0.2) is 6.29 Å². The average Bonchev–Trinajstić information content (AvgIpc) is 2.17. The van der Waals surface area contributed by atoms with Gasteiger partial charge in [0, 0.05) is 50.0 Å². The molecule has 0 bridgehead atoms. The van der Waals surface area contributed by atoms with Crippen molar-refractivity contribution in [1.29, 1.82) is 0 Å². The van der Waals surface area contributed by atoms with E-state index in [2.05, 4.69) is 13.8 Å². The second-order valence-corrected chi connectivity index (χ2v) is 3.19. The molecule has 1 radical (unpaired) electrons. The van der Waals surface area contributed by atoms with Crippen LogP contribution in [0.1, 0.15) is 27.2 Å². The van der Waals surface area contributed by atoms with Crippen molar-refractivity contribution in [2.75, 3.05) is 0 Å². The summed E-state index contributed by atoms with van der Waals surface area (Å²) in [4.78, 5) is 0. The summed E-state index contributed by atoms with van der Waals surface area (Å²) in [7, 11) is 0. The first-order valence-corrected chi connectivity index (χ1v) is 4.00. The summed E-state index contributed by atoms with van der Waals surface area (Å²) in [5.41, 5.74) is 0. The van der Waals surface area contributed by atoms with Gasteiger partial charge in [-0.05, 0) is 12.3 Å². The zero-order chi connectivity index (χ0) is 7.72. The van der Waals surface area contributed by atoms with Crippen LogP contribution in [0.15, 0.2) is 0 Å². The van der Waals surface area contributed by atoms with E-state index in [1.807, 2.05) is 6.92 Å². The van der Waals surface area contributed by atoms with Gasteiger partial charge in [-0.3, -0.25) is 0 Å². The van der Waals surface area contributed by atoms with Crippen LogP contribution in [0.5, 0.6) is 0 Å². The van der Waals surface area contributed by atoms with E-state index in [0.717, 1.165) is 6.42 Å². The minimum Gasteiger partial charge on any atom is -0.368 e. The molecule has 2 unspecified atom stereocenters. The number of aliphatic hydroxyl groups excluding tert-OH is 1. The van der Waals surface area contributed by atoms with E-state index in [0.29, 0.717) is 11.8 Å². The molecule has 0 amide bonds. The van der Waals surface area contributed by atoms with Gasteiger partial charge in [0.25, 0.3) is 0 Å². The summed E-state index contributed by atoms with van der Waals surface area (Å²) in [5, 5.41) is 9.25. The molecule has 4 atom stereocenters. The minimum atomic E-state index is -0.528. The SMILES string of the molecule is CC[C@H]1O[C@@H](O)C(C)C1C.[Ac]. The Hall–Kier alpha value is 1.36. The molecule has 0 aromatic rings. The number of ether oxygens (including phenoxy) is 1. The Kier molecular flexibility index (Phi) is 5.81. The first kappa shape index (κ1) is 12.4. The molecule has 1 rings (SSSR count). The van der Waals surface area contributed by atoms with Gasteiger partial charge in [-0.1, -0.05) is 20.8 Å². The summed E-state index contributed by atoms with van der Waals surface area (Å²) in [6.45, 7) is 6.26. The molecule has 0 aromatic heterocycles. The number of aliphatic hydroxyl groups is 1. The maximum Gasteiger partial charge on any atom is 0.157 e. The van der Waals surface area contributed by atoms with Crippen LogP contribution < -0.4 is 0 Å². The smallest absolute Gasteiger partial charge is 0.157 e. The minimum absolute atomic E-state index is 0. The predicted molar refractivity (Wildman–Crippen MR) is 39.5 cm³/mol. The first-order chi connectivity index (χ1) is 4.66. The van der Waals surface area contributed by atoms with Gasteiger partial charge in [0.1, 0.15) is 0 Å². The van der Waals surface area contributed by atoms with Crippen LogP contribution in [0.2, 0.25) is 0 Å². The molecule has 1 saturated heterocycles. The number of rotatable bonds is 1. The van der Waals surface area contributed by atoms with Gasteiger partial charge in [-0.2, -0.15) is 0 Å². The Labute approximate surface area is 104 Å². The Bertz CT molecular complexity index is 119. The van der Waals surface area contributed by atoms with Crippen LogP contribution in [0.4, 0.5) is 0 Å². The number of hydrogen-bond acceptors (Lipinski definition) is 2. The summed E-state index contributed by atoms with van der Waals surface area (Å²) in [5.74, 6) is 0.796. The molecular weight excluding hydrogens is 355 g/mol. The monoisotopic (exact) mass is 371 g/mol. The van der Waals surface area contributed by atoms with E-state index in [9.17, 15) is 5.11 Å². The largest absolute Gasteiger partial charge is 0.368 e. The van der Waals surface area contributed by atoms with Crippen molar-refractivity contribution in [2.45, 2.75) is 39.6 Å². The molecule has 3 heteroatoms. The van der Waals surface area contributed by atoms with E-state index in [1.54, 1.807) is 0 Å². The van der Waals surface area contributed by atoms with Crippen molar-refractivity contribution in [1.82, 2.24) is 0 Å². The van der Waals surface area contributed by atoms with Crippen LogP contribution in [0.3, 0.4) is 0 Å². The molecule has 1 N–H and O–H groups in total. The summed E-state index contributed by atoms with van der Waals surface area (Å²) >= 11 is 0. The van der Waals surface area contributed by atoms with Gasteiger partial charge in [-0.15, -0.1) is 0 Å². The van der Waals surface area contributed by atoms with Crippen molar-refractivity contribution >= 4 is 0 Å². The topological polar surface area (TPSA) is 29.5 Å². The summed E-state index contributed by atoms with van der Waals surface area (Å²) in [6.07, 6.45) is 0.743. The third-order valence-corrected chi connectivity index (χ3v) is 2.58. The molecule has 1 heterocycles. The van der Waals surface area contributed by atoms with Crippen LogP contribution in [-0.2, 0) is 4.74 Å². The van der Waals surface area contributed by atoms with Gasteiger partial charge in [0.05, 0.1) is 6.10 Å². The molecule has 1 aliphatic heterocycles. The Morgan fingerprint density at radius 3 is 2.00 bits per heavy atom. The summed E-state index contributed by atoms with van der Waals surface area (Å²) in [6, 6.07) is 0. The van der Waals surface area contributed by atoms with Crippen LogP contribution in [-0.4, -0.2) is 17.5 Å². The average molecular weight is 371 g/mol. The maximum absolute atomic E-state index is 9.25. The molecular formula is C8H16AcO2. The third kappa shape index (κ3) is 2.66. The fourth-order valence-corrected chi connectivity index (χ4v) is 1.49. The Morgan fingerprint density at radius 2 is 1.82 bits per heavy atom. The van der Waals surface area contributed by atoms with Gasteiger partial charge in [0.2, 0.25) is 0 Å². The van der Waals surface area contributed by atoms with Crippen LogP contribution >= 0.6 is 0 Å². The third-order valence-electron chi connectivity index (χ3n) is 2.58. The second-order valence-electron chi connectivity index (χ2n) is 3.19. The number of hydrogen-bond donors (Lipinski definition) is 1. The fraction of sp³-hybridized carbons (Fsp3) is 1.00. The molecule has 0 aliphatic carbocycles. The normalized spacial score (nSPS) is 43.6. The zero-order valence-corrected chi connectivity index (χ0v) is 12.2. The van der Waals surface area contributed by atoms with E-state index < -0.39 is 6.29 Å². The van der Waals surface area contributed by atoms with Crippen molar-refractivity contribution in [3.8, 4) is 0 Å². The molecule has 2 nitrogen and oxygen atoms in total. The van der Waals surface area contributed by atoms with E-state index in [4.69, 9.17) is 4.74 Å². The van der Waals surface area contributed by atoms with E-state index in [-0.39, 0.29) is 50.2 Å². The standard InChI is InChI=1S/C8H16O2.Ac/c1-4-7-5(2)6(3)8(9)10-7;/h5-9H,4H2,1-3H3;/t5?,6?,7-,8-;/m1./s1. The molecule has 1 fully saturated rings. The molecule has 0 aromatic carbocycles. The van der Waals surface area contributed by atoms with Crippen molar-refractivity contribution < 1.29 is 53.9 Å². The van der Waals surface area contributed by atoms with Crippen molar-refractivity contribution in [3.63, 3.8) is 0 Å². The second kappa shape index (κ2) is 5.17. The molecule has 0 spiro atoms. The van der Waals surface area contributed by atoms with Crippen molar-refractivity contribution in [3.05, 3.63) is 0 Å². The van der Waals surface area contributed by atoms with E-state index >= 15 is 0 Å². The molecule has 0 saturated carbocycles. The summed E-state index contributed by atoms with van der Waals surface area (Å²) < 4.78 is 5.29. The maximum atomic E-state index is 9.25.